The van der Waals surface area contributed by atoms with Crippen LogP contribution < -0.4 is 11.3 Å². The lowest BCUT2D eigenvalue weighted by molar-refractivity contribution is 0.0701. The lowest BCUT2D eigenvalue weighted by Gasteiger charge is -2.21. The van der Waals surface area contributed by atoms with Crippen molar-refractivity contribution < 1.29 is 9.53 Å². The number of hydrogen-bond donors (Lipinski definition) is 2. The van der Waals surface area contributed by atoms with E-state index in [0.717, 1.165) is 0 Å². The Bertz CT molecular complexity index is 396. The Labute approximate surface area is 99.4 Å². The highest BCUT2D eigenvalue weighted by molar-refractivity contribution is 5.93. The molecule has 1 aromatic rings. The Balaban J connectivity index is 2.75. The predicted octanol–water partition coefficient (Wildman–Crippen LogP) is -0.578. The number of carbonyl (C=O) groups excluding carboxylic acids is 1. The van der Waals surface area contributed by atoms with Crippen LogP contribution >= 0.6 is 0 Å². The van der Waals surface area contributed by atoms with Crippen molar-refractivity contribution in [3.63, 3.8) is 0 Å². The van der Waals surface area contributed by atoms with Gasteiger partial charge in [-0.3, -0.25) is 9.59 Å². The minimum Gasteiger partial charge on any atom is -0.383 e. The molecule has 1 heterocycles. The minimum absolute atomic E-state index is 0.163. The van der Waals surface area contributed by atoms with Crippen molar-refractivity contribution in [3.8, 4) is 0 Å². The van der Waals surface area contributed by atoms with Gasteiger partial charge in [0.1, 0.15) is 0 Å². The molecule has 0 atom stereocenters. The number of hydrogen-bond acceptors (Lipinski definition) is 4. The number of rotatable bonds is 6. The zero-order valence-electron chi connectivity index (χ0n) is 9.81. The minimum atomic E-state index is -0.233. The zero-order chi connectivity index (χ0) is 12.7. The molecule has 6 nitrogen and oxygen atoms in total. The van der Waals surface area contributed by atoms with Crippen LogP contribution in [0.3, 0.4) is 0 Å². The number of aromatic nitrogens is 1. The van der Waals surface area contributed by atoms with E-state index in [2.05, 4.69) is 4.98 Å². The Kier molecular flexibility index (Phi) is 5.38. The first-order chi connectivity index (χ1) is 8.19. The first-order valence-electron chi connectivity index (χ1n) is 5.36. The maximum absolute atomic E-state index is 12.0. The number of methoxy groups -OCH3 is 1. The third-order valence-corrected chi connectivity index (χ3v) is 2.28. The highest BCUT2D eigenvalue weighted by atomic mass is 16.5. The van der Waals surface area contributed by atoms with Crippen molar-refractivity contribution in [3.05, 3.63) is 34.2 Å². The van der Waals surface area contributed by atoms with Crippen LogP contribution in [0, 0.1) is 0 Å². The summed E-state index contributed by atoms with van der Waals surface area (Å²) in [6, 6.07) is 2.82. The molecule has 1 amide bonds. The second-order valence-electron chi connectivity index (χ2n) is 3.52. The van der Waals surface area contributed by atoms with E-state index >= 15 is 0 Å². The average molecular weight is 239 g/mol. The molecule has 0 aliphatic carbocycles. The summed E-state index contributed by atoms with van der Waals surface area (Å²) in [4.78, 5) is 27.0. The van der Waals surface area contributed by atoms with Gasteiger partial charge in [0.2, 0.25) is 5.56 Å². The van der Waals surface area contributed by atoms with Crippen LogP contribution in [0.2, 0.25) is 0 Å². The summed E-state index contributed by atoms with van der Waals surface area (Å²) in [6.45, 7) is 1.78. The molecular formula is C11H17N3O3. The molecule has 94 valence electrons. The second kappa shape index (κ2) is 6.82. The van der Waals surface area contributed by atoms with E-state index in [1.807, 2.05) is 0 Å². The van der Waals surface area contributed by atoms with Crippen molar-refractivity contribution in [2.24, 2.45) is 5.73 Å². The van der Waals surface area contributed by atoms with Gasteiger partial charge in [0.15, 0.2) is 0 Å². The van der Waals surface area contributed by atoms with E-state index < -0.39 is 0 Å². The quantitative estimate of drug-likeness (QED) is 0.695. The van der Waals surface area contributed by atoms with Crippen molar-refractivity contribution in [2.75, 3.05) is 33.4 Å². The normalized spacial score (nSPS) is 10.2. The van der Waals surface area contributed by atoms with E-state index in [0.29, 0.717) is 31.8 Å². The highest BCUT2D eigenvalue weighted by Gasteiger charge is 2.14. The summed E-state index contributed by atoms with van der Waals surface area (Å²) in [6.07, 6.45) is 1.40. The molecule has 0 bridgehead atoms. The Morgan fingerprint density at radius 3 is 2.76 bits per heavy atom. The molecule has 0 aromatic carbocycles. The molecule has 0 unspecified atom stereocenters. The topological polar surface area (TPSA) is 88.4 Å². The van der Waals surface area contributed by atoms with Gasteiger partial charge in [-0.1, -0.05) is 0 Å². The summed E-state index contributed by atoms with van der Waals surface area (Å²) in [7, 11) is 1.57. The number of nitrogens with zero attached hydrogens (tertiary/aromatic N) is 1. The van der Waals surface area contributed by atoms with Gasteiger partial charge in [0, 0.05) is 39.0 Å². The monoisotopic (exact) mass is 239 g/mol. The van der Waals surface area contributed by atoms with Gasteiger partial charge in [-0.25, -0.2) is 0 Å². The number of nitrogens with two attached hydrogens (primary N) is 1. The van der Waals surface area contributed by atoms with Gasteiger partial charge in [-0.05, 0) is 6.07 Å². The second-order valence-corrected chi connectivity index (χ2v) is 3.52. The fraction of sp³-hybridized carbons (Fsp3) is 0.455. The van der Waals surface area contributed by atoms with Crippen molar-refractivity contribution in [2.45, 2.75) is 0 Å². The number of H-pyrrole nitrogens is 1. The third-order valence-electron chi connectivity index (χ3n) is 2.28. The van der Waals surface area contributed by atoms with Crippen LogP contribution in [0.5, 0.6) is 0 Å². The Morgan fingerprint density at radius 2 is 2.24 bits per heavy atom. The smallest absolute Gasteiger partial charge is 0.255 e. The molecule has 0 aliphatic heterocycles. The van der Waals surface area contributed by atoms with Crippen LogP contribution in [0.1, 0.15) is 10.4 Å². The SMILES string of the molecule is COCCN(CCN)C(=O)c1ccc(=O)[nH]c1. The fourth-order valence-corrected chi connectivity index (χ4v) is 1.40. The van der Waals surface area contributed by atoms with Gasteiger partial charge < -0.3 is 20.4 Å². The largest absolute Gasteiger partial charge is 0.383 e. The standard InChI is InChI=1S/C11H17N3O3/c1-17-7-6-14(5-4-12)11(16)9-2-3-10(15)13-8-9/h2-3,8H,4-7,12H2,1H3,(H,13,15). The van der Waals surface area contributed by atoms with Crippen molar-refractivity contribution in [1.29, 1.82) is 0 Å². The van der Waals surface area contributed by atoms with Crippen LogP contribution in [0.25, 0.3) is 0 Å². The van der Waals surface area contributed by atoms with E-state index in [-0.39, 0.29) is 11.5 Å². The lowest BCUT2D eigenvalue weighted by Crippen LogP contribution is -2.37. The zero-order valence-corrected chi connectivity index (χ0v) is 9.81. The molecule has 0 aliphatic rings. The number of amides is 1. The molecule has 0 saturated heterocycles. The van der Waals surface area contributed by atoms with Gasteiger partial charge >= 0.3 is 0 Å². The number of aromatic amines is 1. The molecule has 17 heavy (non-hydrogen) atoms. The number of nitrogens with one attached hydrogen (secondary N) is 1. The molecule has 0 saturated carbocycles. The van der Waals surface area contributed by atoms with E-state index in [1.165, 1.54) is 18.3 Å². The van der Waals surface area contributed by atoms with Crippen LogP contribution in [0.4, 0.5) is 0 Å². The summed E-state index contributed by atoms with van der Waals surface area (Å²) >= 11 is 0. The summed E-state index contributed by atoms with van der Waals surface area (Å²) < 4.78 is 4.93. The molecule has 3 N–H and O–H groups in total. The third kappa shape index (κ3) is 4.01. The first kappa shape index (κ1) is 13.4. The van der Waals surface area contributed by atoms with E-state index in [4.69, 9.17) is 10.5 Å². The van der Waals surface area contributed by atoms with Crippen LogP contribution in [-0.2, 0) is 4.74 Å². The lowest BCUT2D eigenvalue weighted by atomic mass is 10.2. The number of ether oxygens (including phenoxy) is 1. The predicted molar refractivity (Wildman–Crippen MR) is 63.9 cm³/mol. The summed E-state index contributed by atoms with van der Waals surface area (Å²) in [5, 5.41) is 0. The summed E-state index contributed by atoms with van der Waals surface area (Å²) in [5.41, 5.74) is 5.66. The molecule has 1 rings (SSSR count). The maximum atomic E-state index is 12.0. The maximum Gasteiger partial charge on any atom is 0.255 e. The van der Waals surface area contributed by atoms with Gasteiger partial charge in [-0.2, -0.15) is 0 Å². The molecule has 0 fully saturated rings. The molecule has 6 heteroatoms. The van der Waals surface area contributed by atoms with Gasteiger partial charge in [0.25, 0.3) is 5.91 Å². The van der Waals surface area contributed by atoms with Gasteiger partial charge in [0.05, 0.1) is 12.2 Å². The van der Waals surface area contributed by atoms with Gasteiger partial charge in [-0.15, -0.1) is 0 Å². The molecule has 0 spiro atoms. The fourth-order valence-electron chi connectivity index (χ4n) is 1.40. The average Bonchev–Trinajstić information content (AvgIpc) is 2.34. The Morgan fingerprint density at radius 1 is 1.47 bits per heavy atom. The Hall–Kier alpha value is -1.66. The number of carbonyl (C=O) groups is 1. The van der Waals surface area contributed by atoms with Crippen molar-refractivity contribution in [1.82, 2.24) is 9.88 Å². The van der Waals surface area contributed by atoms with E-state index in [9.17, 15) is 9.59 Å². The molecular weight excluding hydrogens is 222 g/mol. The van der Waals surface area contributed by atoms with Crippen molar-refractivity contribution >= 4 is 5.91 Å². The number of pyridine rings is 1. The molecule has 1 aromatic heterocycles. The van der Waals surface area contributed by atoms with E-state index in [1.54, 1.807) is 12.0 Å². The summed E-state index contributed by atoms with van der Waals surface area (Å²) in [5.74, 6) is -0.163. The van der Waals surface area contributed by atoms with Crippen LogP contribution in [0.15, 0.2) is 23.1 Å². The molecule has 0 radical (unpaired) electrons. The van der Waals surface area contributed by atoms with Crippen LogP contribution in [-0.4, -0.2) is 49.1 Å². The highest BCUT2D eigenvalue weighted by Crippen LogP contribution is 2.01. The first-order valence-corrected chi connectivity index (χ1v) is 5.36.